The lowest BCUT2D eigenvalue weighted by Crippen LogP contribution is -2.45. The molecule has 7 heteroatoms. The van der Waals surface area contributed by atoms with Gasteiger partial charge >= 0.3 is 6.18 Å². The molecule has 1 atom stereocenters. The van der Waals surface area contributed by atoms with Crippen molar-refractivity contribution in [1.82, 2.24) is 10.2 Å². The largest absolute Gasteiger partial charge is 0.417 e. The number of nitrogens with one attached hydrogen (secondary N) is 1. The predicted octanol–water partition coefficient (Wildman–Crippen LogP) is 3.22. The van der Waals surface area contributed by atoms with Crippen LogP contribution in [0.25, 0.3) is 0 Å². The molecule has 0 bridgehead atoms. The van der Waals surface area contributed by atoms with Gasteiger partial charge in [-0.3, -0.25) is 4.90 Å². The Kier molecular flexibility index (Phi) is 5.09. The third-order valence-corrected chi connectivity index (χ3v) is 3.99. The summed E-state index contributed by atoms with van der Waals surface area (Å²) < 4.78 is 38.8. The van der Waals surface area contributed by atoms with E-state index in [1.165, 1.54) is 6.07 Å². The van der Waals surface area contributed by atoms with Crippen LogP contribution in [-0.2, 0) is 6.18 Å². The van der Waals surface area contributed by atoms with E-state index in [1.54, 1.807) is 6.07 Å². The van der Waals surface area contributed by atoms with Gasteiger partial charge in [0, 0.05) is 32.2 Å². The minimum Gasteiger partial charge on any atom is -0.314 e. The fourth-order valence-electron chi connectivity index (χ4n) is 2.54. The first-order valence-corrected chi connectivity index (χ1v) is 7.00. The predicted molar refractivity (Wildman–Crippen MR) is 73.9 cm³/mol. The third kappa shape index (κ3) is 3.67. The van der Waals surface area contributed by atoms with Crippen molar-refractivity contribution in [3.63, 3.8) is 0 Å². The van der Waals surface area contributed by atoms with Gasteiger partial charge in [-0.1, -0.05) is 23.7 Å². The quantitative estimate of drug-likeness (QED) is 0.930. The monoisotopic (exact) mass is 317 g/mol. The maximum Gasteiger partial charge on any atom is 0.417 e. The van der Waals surface area contributed by atoms with Gasteiger partial charge in [0.2, 0.25) is 0 Å². The van der Waals surface area contributed by atoms with Gasteiger partial charge in [0.1, 0.15) is 0 Å². The summed E-state index contributed by atoms with van der Waals surface area (Å²) in [6.07, 6.45) is -4.38. The lowest BCUT2D eigenvalue weighted by Gasteiger charge is -2.34. The second kappa shape index (κ2) is 6.65. The number of alkyl halides is 3. The first-order chi connectivity index (χ1) is 9.95. The van der Waals surface area contributed by atoms with E-state index in [4.69, 9.17) is 16.9 Å². The Morgan fingerprint density at radius 1 is 1.33 bits per heavy atom. The molecule has 0 amide bonds. The van der Waals surface area contributed by atoms with E-state index in [0.717, 1.165) is 19.2 Å². The normalized spacial score (nSPS) is 18.2. The maximum atomic E-state index is 12.9. The van der Waals surface area contributed by atoms with Gasteiger partial charge in [-0.15, -0.1) is 0 Å². The van der Waals surface area contributed by atoms with Crippen LogP contribution in [0.4, 0.5) is 13.2 Å². The van der Waals surface area contributed by atoms with E-state index >= 15 is 0 Å². The number of benzene rings is 1. The lowest BCUT2D eigenvalue weighted by molar-refractivity contribution is -0.137. The van der Waals surface area contributed by atoms with Crippen LogP contribution < -0.4 is 5.32 Å². The number of hydrogen-bond acceptors (Lipinski definition) is 3. The molecule has 0 saturated carbocycles. The Morgan fingerprint density at radius 2 is 2.00 bits per heavy atom. The molecule has 1 heterocycles. The van der Waals surface area contributed by atoms with Crippen LogP contribution in [0.1, 0.15) is 23.6 Å². The third-order valence-electron chi connectivity index (χ3n) is 3.57. The van der Waals surface area contributed by atoms with Crippen molar-refractivity contribution in [3.05, 3.63) is 34.3 Å². The molecule has 114 valence electrons. The molecule has 0 unspecified atom stereocenters. The summed E-state index contributed by atoms with van der Waals surface area (Å²) in [5, 5.41) is 11.9. The van der Waals surface area contributed by atoms with Crippen LogP contribution in [0.3, 0.4) is 0 Å². The molecule has 0 aliphatic carbocycles. The molecule has 1 aromatic carbocycles. The van der Waals surface area contributed by atoms with Crippen molar-refractivity contribution in [2.24, 2.45) is 0 Å². The Hall–Kier alpha value is -1.29. The molecular formula is C14H15ClF3N3. The number of halogens is 4. The molecule has 21 heavy (non-hydrogen) atoms. The van der Waals surface area contributed by atoms with Gasteiger partial charge in [0.25, 0.3) is 0 Å². The fraction of sp³-hybridized carbons (Fsp3) is 0.500. The van der Waals surface area contributed by atoms with Gasteiger partial charge in [-0.25, -0.2) is 0 Å². The maximum absolute atomic E-state index is 12.9. The minimum atomic E-state index is -4.49. The van der Waals surface area contributed by atoms with Crippen LogP contribution in [-0.4, -0.2) is 31.1 Å². The van der Waals surface area contributed by atoms with Crippen molar-refractivity contribution < 1.29 is 13.2 Å². The van der Waals surface area contributed by atoms with Gasteiger partial charge in [-0.05, 0) is 11.6 Å². The van der Waals surface area contributed by atoms with Gasteiger partial charge in [-0.2, -0.15) is 18.4 Å². The summed E-state index contributed by atoms with van der Waals surface area (Å²) in [6, 6.07) is 5.52. The summed E-state index contributed by atoms with van der Waals surface area (Å²) in [7, 11) is 0. The highest BCUT2D eigenvalue weighted by Crippen LogP contribution is 2.39. The summed E-state index contributed by atoms with van der Waals surface area (Å²) in [4.78, 5) is 2.00. The zero-order valence-corrected chi connectivity index (χ0v) is 12.0. The molecule has 2 rings (SSSR count). The van der Waals surface area contributed by atoms with E-state index in [-0.39, 0.29) is 11.4 Å². The van der Waals surface area contributed by atoms with E-state index in [9.17, 15) is 13.2 Å². The Morgan fingerprint density at radius 3 is 2.57 bits per heavy atom. The van der Waals surface area contributed by atoms with Crippen LogP contribution in [0.15, 0.2) is 18.2 Å². The van der Waals surface area contributed by atoms with Crippen molar-refractivity contribution in [2.75, 3.05) is 26.2 Å². The zero-order valence-electron chi connectivity index (χ0n) is 11.3. The molecule has 1 saturated heterocycles. The highest BCUT2D eigenvalue weighted by Gasteiger charge is 2.35. The molecule has 0 radical (unpaired) electrons. The highest BCUT2D eigenvalue weighted by molar-refractivity contribution is 6.32. The van der Waals surface area contributed by atoms with Crippen LogP contribution in [0.5, 0.6) is 0 Å². The number of piperazine rings is 1. The highest BCUT2D eigenvalue weighted by atomic mass is 35.5. The van der Waals surface area contributed by atoms with Crippen LogP contribution >= 0.6 is 11.6 Å². The van der Waals surface area contributed by atoms with E-state index in [1.807, 2.05) is 11.0 Å². The molecular weight excluding hydrogens is 303 g/mol. The van der Waals surface area contributed by atoms with Crippen LogP contribution in [0, 0.1) is 11.3 Å². The molecule has 1 aromatic rings. The van der Waals surface area contributed by atoms with Gasteiger partial charge < -0.3 is 5.32 Å². The number of nitriles is 1. The average Bonchev–Trinajstić information content (AvgIpc) is 2.45. The molecule has 0 aromatic heterocycles. The van der Waals surface area contributed by atoms with E-state index in [0.29, 0.717) is 18.7 Å². The van der Waals surface area contributed by atoms with Gasteiger partial charge in [0.15, 0.2) is 0 Å². The van der Waals surface area contributed by atoms with Crippen LogP contribution in [0.2, 0.25) is 5.02 Å². The summed E-state index contributed by atoms with van der Waals surface area (Å²) in [6.45, 7) is 2.86. The number of rotatable bonds is 3. The Balaban J connectivity index is 2.38. The van der Waals surface area contributed by atoms with Crippen molar-refractivity contribution in [1.29, 1.82) is 5.26 Å². The minimum absolute atomic E-state index is 0.112. The topological polar surface area (TPSA) is 39.1 Å². The SMILES string of the molecule is N#CC[C@H](c1cccc(C(F)(F)F)c1Cl)N1CCNCC1. The number of nitrogens with zero attached hydrogens (tertiary/aromatic N) is 2. The van der Waals surface area contributed by atoms with E-state index in [2.05, 4.69) is 5.32 Å². The molecule has 1 fully saturated rings. The number of hydrogen-bond donors (Lipinski definition) is 1. The Bertz CT molecular complexity index is 533. The second-order valence-electron chi connectivity index (χ2n) is 4.87. The molecule has 1 aliphatic rings. The van der Waals surface area contributed by atoms with Crippen molar-refractivity contribution in [3.8, 4) is 6.07 Å². The second-order valence-corrected chi connectivity index (χ2v) is 5.25. The molecule has 1 aliphatic heterocycles. The summed E-state index contributed by atoms with van der Waals surface area (Å²) in [5.74, 6) is 0. The van der Waals surface area contributed by atoms with Crippen molar-refractivity contribution in [2.45, 2.75) is 18.6 Å². The molecule has 3 nitrogen and oxygen atoms in total. The zero-order chi connectivity index (χ0) is 15.5. The fourth-order valence-corrected chi connectivity index (χ4v) is 2.90. The molecule has 0 spiro atoms. The molecule has 1 N–H and O–H groups in total. The summed E-state index contributed by atoms with van der Waals surface area (Å²) >= 11 is 5.97. The standard InChI is InChI=1S/C14H15ClF3N3/c15-13-10(2-1-3-11(13)14(16,17)18)12(4-5-19)21-8-6-20-7-9-21/h1-3,12,20H,4,6-9H2/t12-/m1/s1. The van der Waals surface area contributed by atoms with Gasteiger partial charge in [0.05, 0.1) is 23.1 Å². The smallest absolute Gasteiger partial charge is 0.314 e. The van der Waals surface area contributed by atoms with Crippen molar-refractivity contribution >= 4 is 11.6 Å². The Labute approximate surface area is 126 Å². The average molecular weight is 318 g/mol. The first-order valence-electron chi connectivity index (χ1n) is 6.62. The first kappa shape index (κ1) is 16.1. The lowest BCUT2D eigenvalue weighted by atomic mass is 9.99. The van der Waals surface area contributed by atoms with E-state index < -0.39 is 17.8 Å². The summed E-state index contributed by atoms with van der Waals surface area (Å²) in [5.41, 5.74) is -0.477.